The summed E-state index contributed by atoms with van der Waals surface area (Å²) in [5, 5.41) is 3.17. The van der Waals surface area contributed by atoms with Crippen LogP contribution in [0.25, 0.3) is 0 Å². The van der Waals surface area contributed by atoms with Crippen LogP contribution in [0.4, 0.5) is 11.4 Å². The smallest absolute Gasteiger partial charge is 0.311 e. The Morgan fingerprint density at radius 3 is 2.59 bits per heavy atom. The van der Waals surface area contributed by atoms with Crippen molar-refractivity contribution in [2.45, 2.75) is 26.7 Å². The second-order valence-corrected chi connectivity index (χ2v) is 7.45. The van der Waals surface area contributed by atoms with Crippen LogP contribution in [0.3, 0.4) is 0 Å². The van der Waals surface area contributed by atoms with Crippen LogP contribution in [-0.2, 0) is 25.5 Å². The predicted octanol–water partition coefficient (Wildman–Crippen LogP) is 3.75. The number of ether oxygens (including phenoxy) is 1. The molecule has 0 unspecified atom stereocenters. The SMILES string of the molecule is CCc1ccc(N2C[C@H](C(=O)OCC(=O)Nc3ccc(C)c(Cl)c3)CC2=O)cc1. The van der Waals surface area contributed by atoms with Crippen molar-refractivity contribution in [1.29, 1.82) is 0 Å². The molecule has 7 heteroatoms. The van der Waals surface area contributed by atoms with Gasteiger partial charge in [0, 0.05) is 29.4 Å². The Hall–Kier alpha value is -2.86. The normalized spacial score (nSPS) is 16.0. The van der Waals surface area contributed by atoms with Crippen molar-refractivity contribution in [2.24, 2.45) is 5.92 Å². The maximum Gasteiger partial charge on any atom is 0.311 e. The summed E-state index contributed by atoms with van der Waals surface area (Å²) in [5.41, 5.74) is 3.36. The van der Waals surface area contributed by atoms with E-state index in [4.69, 9.17) is 16.3 Å². The van der Waals surface area contributed by atoms with Gasteiger partial charge >= 0.3 is 5.97 Å². The Morgan fingerprint density at radius 2 is 1.93 bits per heavy atom. The molecule has 2 aromatic carbocycles. The highest BCUT2D eigenvalue weighted by Crippen LogP contribution is 2.26. The van der Waals surface area contributed by atoms with Crippen molar-refractivity contribution >= 4 is 40.8 Å². The average molecular weight is 415 g/mol. The number of halogens is 1. The molecule has 0 spiro atoms. The molecule has 1 aliphatic heterocycles. The van der Waals surface area contributed by atoms with Gasteiger partial charge in [-0.1, -0.05) is 36.7 Å². The van der Waals surface area contributed by atoms with E-state index < -0.39 is 24.4 Å². The lowest BCUT2D eigenvalue weighted by molar-refractivity contribution is -0.151. The molecule has 152 valence electrons. The molecule has 3 rings (SSSR count). The minimum atomic E-state index is -0.588. The number of carbonyl (C=O) groups excluding carboxylic acids is 3. The number of anilines is 2. The van der Waals surface area contributed by atoms with Crippen LogP contribution in [0.15, 0.2) is 42.5 Å². The monoisotopic (exact) mass is 414 g/mol. The predicted molar refractivity (Wildman–Crippen MR) is 112 cm³/mol. The largest absolute Gasteiger partial charge is 0.455 e. The van der Waals surface area contributed by atoms with Gasteiger partial charge in [-0.15, -0.1) is 0 Å². The van der Waals surface area contributed by atoms with Crippen molar-refractivity contribution in [3.05, 3.63) is 58.6 Å². The van der Waals surface area contributed by atoms with Gasteiger partial charge in [-0.3, -0.25) is 14.4 Å². The Kier molecular flexibility index (Phi) is 6.54. The van der Waals surface area contributed by atoms with Gasteiger partial charge in [-0.25, -0.2) is 0 Å². The maximum atomic E-state index is 12.3. The first kappa shape index (κ1) is 20.9. The van der Waals surface area contributed by atoms with Gasteiger partial charge in [-0.2, -0.15) is 0 Å². The van der Waals surface area contributed by atoms with Gasteiger partial charge in [0.1, 0.15) is 0 Å². The number of nitrogens with one attached hydrogen (secondary N) is 1. The lowest BCUT2D eigenvalue weighted by atomic mass is 10.1. The summed E-state index contributed by atoms with van der Waals surface area (Å²) in [6.07, 6.45) is 0.990. The van der Waals surface area contributed by atoms with Crippen molar-refractivity contribution in [1.82, 2.24) is 0 Å². The number of benzene rings is 2. The summed E-state index contributed by atoms with van der Waals surface area (Å²) < 4.78 is 5.12. The Morgan fingerprint density at radius 1 is 1.21 bits per heavy atom. The molecular formula is C22H23ClN2O4. The summed E-state index contributed by atoms with van der Waals surface area (Å²) in [4.78, 5) is 38.2. The van der Waals surface area contributed by atoms with Crippen LogP contribution in [0.1, 0.15) is 24.5 Å². The summed E-state index contributed by atoms with van der Waals surface area (Å²) in [6, 6.07) is 12.8. The third-order valence-electron chi connectivity index (χ3n) is 4.92. The third kappa shape index (κ3) is 5.15. The molecule has 0 radical (unpaired) electrons. The maximum absolute atomic E-state index is 12.3. The Labute approximate surface area is 174 Å². The molecule has 0 saturated carbocycles. The Balaban J connectivity index is 1.52. The first-order chi connectivity index (χ1) is 13.9. The molecule has 29 heavy (non-hydrogen) atoms. The molecule has 6 nitrogen and oxygen atoms in total. The van der Waals surface area contributed by atoms with E-state index in [9.17, 15) is 14.4 Å². The molecule has 0 aromatic heterocycles. The van der Waals surface area contributed by atoms with Crippen molar-refractivity contribution in [3.63, 3.8) is 0 Å². The standard InChI is InChI=1S/C22H23ClN2O4/c1-3-15-5-8-18(9-6-15)25-12-16(10-21(25)27)22(28)29-13-20(26)24-17-7-4-14(2)19(23)11-17/h4-9,11,16H,3,10,12-13H2,1-2H3,(H,24,26)/t16-/m1/s1. The molecule has 2 aromatic rings. The molecule has 0 aliphatic carbocycles. The number of nitrogens with zero attached hydrogens (tertiary/aromatic N) is 1. The number of rotatable bonds is 6. The number of amides is 2. The topological polar surface area (TPSA) is 75.7 Å². The summed E-state index contributed by atoms with van der Waals surface area (Å²) in [6.45, 7) is 3.75. The molecule has 1 fully saturated rings. The van der Waals surface area contributed by atoms with Crippen molar-refractivity contribution < 1.29 is 19.1 Å². The van der Waals surface area contributed by atoms with E-state index in [-0.39, 0.29) is 18.9 Å². The van der Waals surface area contributed by atoms with Crippen LogP contribution in [-0.4, -0.2) is 30.9 Å². The number of carbonyl (C=O) groups is 3. The number of hydrogen-bond donors (Lipinski definition) is 1. The number of hydrogen-bond acceptors (Lipinski definition) is 4. The summed E-state index contributed by atoms with van der Waals surface area (Å²) in [5.74, 6) is -1.73. The highest BCUT2D eigenvalue weighted by Gasteiger charge is 2.36. The zero-order valence-electron chi connectivity index (χ0n) is 16.4. The number of aryl methyl sites for hydroxylation is 2. The fraction of sp³-hybridized carbons (Fsp3) is 0.318. The molecule has 1 aliphatic rings. The molecule has 1 atom stereocenters. The quantitative estimate of drug-likeness (QED) is 0.730. The van der Waals surface area contributed by atoms with Gasteiger partial charge in [0.15, 0.2) is 6.61 Å². The van der Waals surface area contributed by atoms with Crippen LogP contribution in [0.5, 0.6) is 0 Å². The van der Waals surface area contributed by atoms with Crippen LogP contribution in [0.2, 0.25) is 5.02 Å². The van der Waals surface area contributed by atoms with Gasteiger partial charge in [0.2, 0.25) is 5.91 Å². The molecule has 0 bridgehead atoms. The molecule has 2 amide bonds. The minimum absolute atomic E-state index is 0.0730. The van der Waals surface area contributed by atoms with Crippen LogP contribution < -0.4 is 10.2 Å². The first-order valence-corrected chi connectivity index (χ1v) is 9.87. The fourth-order valence-corrected chi connectivity index (χ4v) is 3.33. The lowest BCUT2D eigenvalue weighted by Crippen LogP contribution is -2.28. The van der Waals surface area contributed by atoms with Crippen LogP contribution in [0, 0.1) is 12.8 Å². The third-order valence-corrected chi connectivity index (χ3v) is 5.32. The van der Waals surface area contributed by atoms with E-state index in [0.29, 0.717) is 10.7 Å². The number of esters is 1. The highest BCUT2D eigenvalue weighted by molar-refractivity contribution is 6.31. The zero-order chi connectivity index (χ0) is 21.0. The first-order valence-electron chi connectivity index (χ1n) is 9.49. The highest BCUT2D eigenvalue weighted by atomic mass is 35.5. The van der Waals surface area contributed by atoms with Gasteiger partial charge < -0.3 is 15.0 Å². The van der Waals surface area contributed by atoms with Crippen LogP contribution >= 0.6 is 11.6 Å². The van der Waals surface area contributed by atoms with Crippen molar-refractivity contribution in [3.8, 4) is 0 Å². The Bertz CT molecular complexity index is 927. The summed E-state index contributed by atoms with van der Waals surface area (Å²) >= 11 is 6.03. The van der Waals surface area contributed by atoms with E-state index in [2.05, 4.69) is 12.2 Å². The van der Waals surface area contributed by atoms with Gasteiger partial charge in [0.25, 0.3) is 5.91 Å². The van der Waals surface area contributed by atoms with E-state index >= 15 is 0 Å². The van der Waals surface area contributed by atoms with Gasteiger partial charge in [-0.05, 0) is 48.7 Å². The minimum Gasteiger partial charge on any atom is -0.455 e. The molecular weight excluding hydrogens is 392 g/mol. The molecule has 1 heterocycles. The van der Waals surface area contributed by atoms with E-state index in [1.165, 1.54) is 5.56 Å². The zero-order valence-corrected chi connectivity index (χ0v) is 17.2. The average Bonchev–Trinajstić information content (AvgIpc) is 3.11. The van der Waals surface area contributed by atoms with Gasteiger partial charge in [0.05, 0.1) is 5.92 Å². The fourth-order valence-electron chi connectivity index (χ4n) is 3.15. The lowest BCUT2D eigenvalue weighted by Gasteiger charge is -2.17. The molecule has 1 N–H and O–H groups in total. The van der Waals surface area contributed by atoms with E-state index in [0.717, 1.165) is 17.7 Å². The van der Waals surface area contributed by atoms with E-state index in [1.54, 1.807) is 23.1 Å². The summed E-state index contributed by atoms with van der Waals surface area (Å²) in [7, 11) is 0. The van der Waals surface area contributed by atoms with E-state index in [1.807, 2.05) is 31.2 Å². The van der Waals surface area contributed by atoms with Crippen molar-refractivity contribution in [2.75, 3.05) is 23.4 Å². The molecule has 1 saturated heterocycles. The second kappa shape index (κ2) is 9.09. The second-order valence-electron chi connectivity index (χ2n) is 7.05.